The van der Waals surface area contributed by atoms with E-state index < -0.39 is 6.10 Å². The van der Waals surface area contributed by atoms with Crippen LogP contribution in [-0.2, 0) is 11.2 Å². The molecule has 0 spiro atoms. The van der Waals surface area contributed by atoms with E-state index in [0.29, 0.717) is 12.8 Å². The molecule has 2 heterocycles. The van der Waals surface area contributed by atoms with Crippen LogP contribution in [0.15, 0.2) is 35.7 Å². The van der Waals surface area contributed by atoms with Crippen LogP contribution in [0.1, 0.15) is 34.9 Å². The van der Waals surface area contributed by atoms with E-state index in [4.69, 9.17) is 16.3 Å². The molecule has 0 radical (unpaired) electrons. The van der Waals surface area contributed by atoms with E-state index >= 15 is 0 Å². The zero-order valence-corrected chi connectivity index (χ0v) is 13.7. The second-order valence-corrected chi connectivity index (χ2v) is 7.10. The van der Waals surface area contributed by atoms with Crippen LogP contribution >= 0.6 is 22.9 Å². The maximum absolute atomic E-state index is 9.96. The molecule has 3 nitrogen and oxygen atoms in total. The molecule has 1 saturated heterocycles. The number of aliphatic hydroxyl groups is 2. The number of thiophene rings is 1. The first-order chi connectivity index (χ1) is 10.7. The van der Waals surface area contributed by atoms with E-state index in [2.05, 4.69) is 17.5 Å². The van der Waals surface area contributed by atoms with Gasteiger partial charge in [-0.2, -0.15) is 0 Å². The number of rotatable bonds is 4. The van der Waals surface area contributed by atoms with Crippen LogP contribution in [-0.4, -0.2) is 29.0 Å². The average molecular weight is 339 g/mol. The number of ether oxygens (including phenoxy) is 1. The quantitative estimate of drug-likeness (QED) is 0.896. The maximum Gasteiger partial charge on any atom is 0.0854 e. The molecule has 1 fully saturated rings. The van der Waals surface area contributed by atoms with E-state index in [9.17, 15) is 10.2 Å². The lowest BCUT2D eigenvalue weighted by Crippen LogP contribution is -2.33. The van der Waals surface area contributed by atoms with Crippen molar-refractivity contribution >= 4 is 22.9 Å². The van der Waals surface area contributed by atoms with Crippen molar-refractivity contribution in [2.24, 2.45) is 0 Å². The monoisotopic (exact) mass is 338 g/mol. The number of hydrogen-bond donors (Lipinski definition) is 2. The molecule has 22 heavy (non-hydrogen) atoms. The highest BCUT2D eigenvalue weighted by Crippen LogP contribution is 2.33. The van der Waals surface area contributed by atoms with Crippen molar-refractivity contribution in [2.75, 3.05) is 6.61 Å². The van der Waals surface area contributed by atoms with Gasteiger partial charge in [0.25, 0.3) is 0 Å². The lowest BCUT2D eigenvalue weighted by Gasteiger charge is -2.32. The number of aliphatic hydroxyl groups excluding tert-OH is 2. The lowest BCUT2D eigenvalue weighted by atomic mass is 9.94. The summed E-state index contributed by atoms with van der Waals surface area (Å²) in [5.41, 5.74) is 2.07. The van der Waals surface area contributed by atoms with Crippen LogP contribution in [0.4, 0.5) is 0 Å². The van der Waals surface area contributed by atoms with Gasteiger partial charge in [0, 0.05) is 29.2 Å². The standard InChI is InChI=1S/C17H19ClO3S/c18-16-4-3-11(6-12(16)7-15-2-1-5-22-15)17-9-13(20)8-14(10-19)21-17/h1-6,13-14,17,19-20H,7-10H2. The van der Waals surface area contributed by atoms with Crippen molar-refractivity contribution < 1.29 is 14.9 Å². The van der Waals surface area contributed by atoms with E-state index in [1.807, 2.05) is 18.2 Å². The largest absolute Gasteiger partial charge is 0.394 e. The smallest absolute Gasteiger partial charge is 0.0854 e. The third kappa shape index (κ3) is 3.70. The van der Waals surface area contributed by atoms with E-state index in [0.717, 1.165) is 22.6 Å². The predicted octanol–water partition coefficient (Wildman–Crippen LogP) is 3.57. The number of hydrogen-bond acceptors (Lipinski definition) is 4. The molecule has 1 aromatic heterocycles. The Kier molecular flexibility index (Phi) is 5.16. The van der Waals surface area contributed by atoms with Gasteiger partial charge >= 0.3 is 0 Å². The molecular weight excluding hydrogens is 320 g/mol. The van der Waals surface area contributed by atoms with Gasteiger partial charge < -0.3 is 14.9 Å². The molecule has 5 heteroatoms. The number of benzene rings is 1. The fraction of sp³-hybridized carbons (Fsp3) is 0.412. The van der Waals surface area contributed by atoms with Crippen LogP contribution in [0.3, 0.4) is 0 Å². The van der Waals surface area contributed by atoms with Gasteiger partial charge in [0.2, 0.25) is 0 Å². The highest BCUT2D eigenvalue weighted by atomic mass is 35.5. The molecule has 3 rings (SSSR count). The Morgan fingerprint density at radius 2 is 2.14 bits per heavy atom. The minimum absolute atomic E-state index is 0.0663. The highest BCUT2D eigenvalue weighted by Gasteiger charge is 2.29. The van der Waals surface area contributed by atoms with Crippen LogP contribution in [0.5, 0.6) is 0 Å². The van der Waals surface area contributed by atoms with Gasteiger partial charge in [-0.05, 0) is 28.6 Å². The number of halogens is 1. The summed E-state index contributed by atoms with van der Waals surface area (Å²) in [5, 5.41) is 22.0. The summed E-state index contributed by atoms with van der Waals surface area (Å²) >= 11 is 8.02. The Labute approximate surface area is 139 Å². The fourth-order valence-electron chi connectivity index (χ4n) is 2.85. The zero-order chi connectivity index (χ0) is 15.5. The average Bonchev–Trinajstić information content (AvgIpc) is 3.02. The molecule has 3 atom stereocenters. The molecule has 1 aromatic carbocycles. The summed E-state index contributed by atoms with van der Waals surface area (Å²) in [6.07, 6.45) is 0.903. The van der Waals surface area contributed by atoms with Crippen LogP contribution in [0.2, 0.25) is 5.02 Å². The van der Waals surface area contributed by atoms with Gasteiger partial charge in [0.15, 0.2) is 0 Å². The predicted molar refractivity (Wildman–Crippen MR) is 88.5 cm³/mol. The second-order valence-electron chi connectivity index (χ2n) is 5.66. The van der Waals surface area contributed by atoms with Crippen LogP contribution in [0, 0.1) is 0 Å². The van der Waals surface area contributed by atoms with Crippen molar-refractivity contribution in [3.63, 3.8) is 0 Å². The van der Waals surface area contributed by atoms with Crippen LogP contribution in [0.25, 0.3) is 0 Å². The summed E-state index contributed by atoms with van der Waals surface area (Å²) in [6, 6.07) is 10.0. The highest BCUT2D eigenvalue weighted by molar-refractivity contribution is 7.09. The minimum atomic E-state index is -0.438. The molecule has 0 aliphatic carbocycles. The van der Waals surface area contributed by atoms with Gasteiger partial charge in [-0.3, -0.25) is 0 Å². The van der Waals surface area contributed by atoms with E-state index in [1.165, 1.54) is 4.88 Å². The Bertz CT molecular complexity index is 614. The van der Waals surface area contributed by atoms with Crippen molar-refractivity contribution in [3.05, 3.63) is 56.7 Å². The summed E-state index contributed by atoms with van der Waals surface area (Å²) in [6.45, 7) is -0.0663. The second kappa shape index (κ2) is 7.11. The van der Waals surface area contributed by atoms with E-state index in [-0.39, 0.29) is 18.8 Å². The Morgan fingerprint density at radius 1 is 1.27 bits per heavy atom. The molecule has 0 amide bonds. The van der Waals surface area contributed by atoms with E-state index in [1.54, 1.807) is 11.3 Å². The topological polar surface area (TPSA) is 49.7 Å². The summed E-state index contributed by atoms with van der Waals surface area (Å²) in [4.78, 5) is 1.26. The Morgan fingerprint density at radius 3 is 2.86 bits per heavy atom. The van der Waals surface area contributed by atoms with Crippen molar-refractivity contribution in [1.82, 2.24) is 0 Å². The molecule has 2 aromatic rings. The van der Waals surface area contributed by atoms with Crippen molar-refractivity contribution in [2.45, 2.75) is 37.6 Å². The van der Waals surface area contributed by atoms with Gasteiger partial charge in [-0.1, -0.05) is 29.8 Å². The summed E-state index contributed by atoms with van der Waals surface area (Å²) in [5.74, 6) is 0. The molecule has 2 N–H and O–H groups in total. The third-order valence-corrected chi connectivity index (χ3v) is 5.21. The first kappa shape index (κ1) is 16.0. The first-order valence-corrected chi connectivity index (χ1v) is 8.66. The molecule has 0 saturated carbocycles. The summed E-state index contributed by atoms with van der Waals surface area (Å²) in [7, 11) is 0. The van der Waals surface area contributed by atoms with Gasteiger partial charge in [-0.25, -0.2) is 0 Å². The Hall–Kier alpha value is -0.910. The van der Waals surface area contributed by atoms with Gasteiger partial charge in [-0.15, -0.1) is 11.3 Å². The SMILES string of the molecule is OCC1CC(O)CC(c2ccc(Cl)c(Cc3cccs3)c2)O1. The third-order valence-electron chi connectivity index (χ3n) is 3.97. The normalized spacial score (nSPS) is 25.3. The van der Waals surface area contributed by atoms with Gasteiger partial charge in [0.1, 0.15) is 0 Å². The zero-order valence-electron chi connectivity index (χ0n) is 12.1. The molecule has 1 aliphatic rings. The molecule has 1 aliphatic heterocycles. The first-order valence-electron chi connectivity index (χ1n) is 7.41. The minimum Gasteiger partial charge on any atom is -0.394 e. The van der Waals surface area contributed by atoms with Gasteiger partial charge in [0.05, 0.1) is 24.9 Å². The maximum atomic E-state index is 9.96. The molecule has 0 bridgehead atoms. The van der Waals surface area contributed by atoms with Crippen molar-refractivity contribution in [3.8, 4) is 0 Å². The fourth-order valence-corrected chi connectivity index (χ4v) is 3.77. The molecule has 118 valence electrons. The van der Waals surface area contributed by atoms with Crippen molar-refractivity contribution in [1.29, 1.82) is 0 Å². The Balaban J connectivity index is 1.82. The lowest BCUT2D eigenvalue weighted by molar-refractivity contribution is -0.113. The molecule has 3 unspecified atom stereocenters. The summed E-state index contributed by atoms with van der Waals surface area (Å²) < 4.78 is 5.87. The molecular formula is C17H19ClO3S. The van der Waals surface area contributed by atoms with Crippen LogP contribution < -0.4 is 0 Å².